The molecule has 21 heavy (non-hydrogen) atoms. The van der Waals surface area contributed by atoms with Crippen LogP contribution in [0.2, 0.25) is 5.02 Å². The van der Waals surface area contributed by atoms with Crippen LogP contribution in [-0.2, 0) is 0 Å². The van der Waals surface area contributed by atoms with Gasteiger partial charge in [-0.3, -0.25) is 0 Å². The van der Waals surface area contributed by atoms with Crippen LogP contribution in [0.25, 0.3) is 0 Å². The van der Waals surface area contributed by atoms with Gasteiger partial charge in [0.1, 0.15) is 11.5 Å². The summed E-state index contributed by atoms with van der Waals surface area (Å²) in [5.41, 5.74) is 3.29. The van der Waals surface area contributed by atoms with E-state index in [0.717, 1.165) is 5.69 Å². The van der Waals surface area contributed by atoms with Crippen molar-refractivity contribution in [3.63, 3.8) is 0 Å². The van der Waals surface area contributed by atoms with Crippen LogP contribution in [0.1, 0.15) is 24.1 Å². The minimum Gasteiger partial charge on any atom is -0.495 e. The minimum atomic E-state index is 0.142. The monoisotopic (exact) mass is 305 g/mol. The number of halogens is 1. The van der Waals surface area contributed by atoms with E-state index in [2.05, 4.69) is 43.4 Å². The van der Waals surface area contributed by atoms with Crippen molar-refractivity contribution in [2.24, 2.45) is 0 Å². The van der Waals surface area contributed by atoms with Crippen molar-refractivity contribution >= 4 is 17.3 Å². The normalized spacial score (nSPS) is 11.9. The first-order chi connectivity index (χ1) is 10.0. The van der Waals surface area contributed by atoms with Crippen LogP contribution >= 0.6 is 11.6 Å². The van der Waals surface area contributed by atoms with Crippen LogP contribution in [0.3, 0.4) is 0 Å². The lowest BCUT2D eigenvalue weighted by Crippen LogP contribution is -2.08. The zero-order valence-electron chi connectivity index (χ0n) is 12.7. The maximum atomic E-state index is 6.19. The third-order valence-corrected chi connectivity index (χ3v) is 3.68. The molecule has 0 radical (unpaired) electrons. The zero-order valence-corrected chi connectivity index (χ0v) is 13.5. The molecular weight excluding hydrogens is 286 g/mol. The second kappa shape index (κ2) is 6.72. The van der Waals surface area contributed by atoms with Gasteiger partial charge >= 0.3 is 0 Å². The molecule has 1 atom stereocenters. The van der Waals surface area contributed by atoms with Crippen LogP contribution < -0.4 is 14.8 Å². The molecule has 1 unspecified atom stereocenters. The fourth-order valence-corrected chi connectivity index (χ4v) is 2.47. The van der Waals surface area contributed by atoms with Gasteiger partial charge in [-0.1, -0.05) is 41.4 Å². The number of aryl methyl sites for hydroxylation is 1. The van der Waals surface area contributed by atoms with Gasteiger partial charge < -0.3 is 14.8 Å². The van der Waals surface area contributed by atoms with Gasteiger partial charge in [-0.15, -0.1) is 0 Å². The molecule has 0 saturated carbocycles. The summed E-state index contributed by atoms with van der Waals surface area (Å²) < 4.78 is 10.6. The van der Waals surface area contributed by atoms with Crippen LogP contribution in [0.15, 0.2) is 36.4 Å². The quantitative estimate of drug-likeness (QED) is 0.857. The standard InChI is InChI=1S/C17H20ClNO2/c1-11-6-5-7-13(8-11)12(2)19-15-9-14(18)16(20-3)10-17(15)21-4/h5-10,12,19H,1-4H3. The van der Waals surface area contributed by atoms with Crippen LogP contribution in [0.5, 0.6) is 11.5 Å². The molecule has 1 N–H and O–H groups in total. The Labute approximate surface area is 130 Å². The molecular formula is C17H20ClNO2. The van der Waals surface area contributed by atoms with Crippen LogP contribution in [-0.4, -0.2) is 14.2 Å². The SMILES string of the molecule is COc1cc(OC)c(NC(C)c2cccc(C)c2)cc1Cl. The third kappa shape index (κ3) is 3.61. The summed E-state index contributed by atoms with van der Waals surface area (Å²) in [6, 6.07) is 12.2. The molecule has 0 spiro atoms. The van der Waals surface area contributed by atoms with E-state index in [4.69, 9.17) is 21.1 Å². The highest BCUT2D eigenvalue weighted by Crippen LogP contribution is 2.37. The maximum Gasteiger partial charge on any atom is 0.145 e. The molecule has 112 valence electrons. The maximum absolute atomic E-state index is 6.19. The molecule has 0 aliphatic rings. The van der Waals surface area contributed by atoms with Crippen molar-refractivity contribution in [1.29, 1.82) is 0 Å². The molecule has 4 heteroatoms. The van der Waals surface area contributed by atoms with Crippen LogP contribution in [0.4, 0.5) is 5.69 Å². The van der Waals surface area contributed by atoms with Gasteiger partial charge in [0.25, 0.3) is 0 Å². The Hall–Kier alpha value is -1.87. The highest BCUT2D eigenvalue weighted by atomic mass is 35.5. The molecule has 0 aliphatic carbocycles. The predicted molar refractivity (Wildman–Crippen MR) is 87.8 cm³/mol. The Morgan fingerprint density at radius 2 is 1.76 bits per heavy atom. The summed E-state index contributed by atoms with van der Waals surface area (Å²) in [4.78, 5) is 0. The van der Waals surface area contributed by atoms with Crippen molar-refractivity contribution in [2.45, 2.75) is 19.9 Å². The van der Waals surface area contributed by atoms with Crippen molar-refractivity contribution in [1.82, 2.24) is 0 Å². The fourth-order valence-electron chi connectivity index (χ4n) is 2.23. The highest BCUT2D eigenvalue weighted by molar-refractivity contribution is 6.32. The zero-order chi connectivity index (χ0) is 15.4. The van der Waals surface area contributed by atoms with E-state index in [-0.39, 0.29) is 6.04 Å². The molecule has 2 rings (SSSR count). The lowest BCUT2D eigenvalue weighted by Gasteiger charge is -2.19. The van der Waals surface area contributed by atoms with Crippen molar-refractivity contribution in [2.75, 3.05) is 19.5 Å². The molecule has 0 bridgehead atoms. The first-order valence-electron chi connectivity index (χ1n) is 6.79. The van der Waals surface area contributed by atoms with Gasteiger partial charge in [0.15, 0.2) is 0 Å². The summed E-state index contributed by atoms with van der Waals surface area (Å²) in [5, 5.41) is 3.99. The summed E-state index contributed by atoms with van der Waals surface area (Å²) >= 11 is 6.19. The number of nitrogens with one attached hydrogen (secondary N) is 1. The van der Waals surface area contributed by atoms with Crippen LogP contribution in [0, 0.1) is 6.92 Å². The van der Waals surface area contributed by atoms with Crippen molar-refractivity contribution in [3.8, 4) is 11.5 Å². The largest absolute Gasteiger partial charge is 0.495 e. The molecule has 2 aromatic rings. The number of hydrogen-bond acceptors (Lipinski definition) is 3. The molecule has 2 aromatic carbocycles. The average molecular weight is 306 g/mol. The highest BCUT2D eigenvalue weighted by Gasteiger charge is 2.13. The second-order valence-corrected chi connectivity index (χ2v) is 5.37. The summed E-state index contributed by atoms with van der Waals surface area (Å²) in [6.07, 6.45) is 0. The van der Waals surface area contributed by atoms with Gasteiger partial charge in [-0.2, -0.15) is 0 Å². The summed E-state index contributed by atoms with van der Waals surface area (Å²) in [5.74, 6) is 1.30. The van der Waals surface area contributed by atoms with E-state index in [9.17, 15) is 0 Å². The molecule has 0 heterocycles. The molecule has 0 aromatic heterocycles. The Balaban J connectivity index is 2.28. The van der Waals surface area contributed by atoms with Gasteiger partial charge in [-0.05, 0) is 25.5 Å². The van der Waals surface area contributed by atoms with Gasteiger partial charge in [-0.25, -0.2) is 0 Å². The predicted octanol–water partition coefficient (Wildman–Crippen LogP) is 4.84. The number of rotatable bonds is 5. The van der Waals surface area contributed by atoms with Gasteiger partial charge in [0.2, 0.25) is 0 Å². The molecule has 0 fully saturated rings. The number of hydrogen-bond donors (Lipinski definition) is 1. The van der Waals surface area contributed by atoms with E-state index < -0.39 is 0 Å². The topological polar surface area (TPSA) is 30.5 Å². The molecule has 0 amide bonds. The molecule has 0 saturated heterocycles. The van der Waals surface area contributed by atoms with Gasteiger partial charge in [0, 0.05) is 12.1 Å². The smallest absolute Gasteiger partial charge is 0.145 e. The summed E-state index contributed by atoms with van der Waals surface area (Å²) in [7, 11) is 3.22. The van der Waals surface area contributed by atoms with E-state index >= 15 is 0 Å². The Kier molecular flexibility index (Phi) is 4.97. The molecule has 0 aliphatic heterocycles. The van der Waals surface area contributed by atoms with E-state index in [0.29, 0.717) is 16.5 Å². The first kappa shape index (κ1) is 15.5. The van der Waals surface area contributed by atoms with Gasteiger partial charge in [0.05, 0.1) is 24.9 Å². The lowest BCUT2D eigenvalue weighted by atomic mass is 10.1. The minimum absolute atomic E-state index is 0.142. The molecule has 3 nitrogen and oxygen atoms in total. The third-order valence-electron chi connectivity index (χ3n) is 3.39. The Morgan fingerprint density at radius 3 is 2.38 bits per heavy atom. The number of methoxy groups -OCH3 is 2. The number of anilines is 1. The van der Waals surface area contributed by atoms with E-state index in [1.54, 1.807) is 20.3 Å². The number of ether oxygens (including phenoxy) is 2. The van der Waals surface area contributed by atoms with E-state index in [1.807, 2.05) is 6.07 Å². The average Bonchev–Trinajstić information content (AvgIpc) is 2.47. The second-order valence-electron chi connectivity index (χ2n) is 4.97. The van der Waals surface area contributed by atoms with Crippen molar-refractivity contribution in [3.05, 3.63) is 52.5 Å². The lowest BCUT2D eigenvalue weighted by molar-refractivity contribution is 0.395. The summed E-state index contributed by atoms with van der Waals surface area (Å²) in [6.45, 7) is 4.19. The fraction of sp³-hybridized carbons (Fsp3) is 0.294. The number of benzene rings is 2. The first-order valence-corrected chi connectivity index (χ1v) is 7.17. The Morgan fingerprint density at radius 1 is 1.05 bits per heavy atom. The van der Waals surface area contributed by atoms with Crippen molar-refractivity contribution < 1.29 is 9.47 Å². The Bertz CT molecular complexity index is 628. The van der Waals surface area contributed by atoms with E-state index in [1.165, 1.54) is 11.1 Å².